The van der Waals surface area contributed by atoms with Crippen molar-refractivity contribution in [2.45, 2.75) is 13.8 Å². The number of amidine groups is 1. The summed E-state index contributed by atoms with van der Waals surface area (Å²) >= 11 is 4.71. The zero-order valence-corrected chi connectivity index (χ0v) is 20.2. The molecule has 162 valence electrons. The standard InChI is InChI=1S/C25H21BrN2O3S/c1-15-8-4-6-10-19(15)27-25-28(20-11-7-5-9-16(20)2)24(30)22(32-25)13-17-12-18(26)14-21(31-3)23(17)29/h4-14,29H,1-3H3. The van der Waals surface area contributed by atoms with Crippen molar-refractivity contribution in [3.63, 3.8) is 0 Å². The van der Waals surface area contributed by atoms with Crippen LogP contribution in [0.15, 0.2) is 75.0 Å². The number of hydrogen-bond acceptors (Lipinski definition) is 5. The molecule has 0 unspecified atom stereocenters. The molecule has 1 saturated heterocycles. The highest BCUT2D eigenvalue weighted by Gasteiger charge is 2.35. The summed E-state index contributed by atoms with van der Waals surface area (Å²) in [7, 11) is 1.49. The monoisotopic (exact) mass is 508 g/mol. The Bertz CT molecular complexity index is 1270. The van der Waals surface area contributed by atoms with Crippen molar-refractivity contribution in [3.8, 4) is 11.5 Å². The minimum Gasteiger partial charge on any atom is -0.504 e. The number of aliphatic imine (C=N–C) groups is 1. The van der Waals surface area contributed by atoms with E-state index >= 15 is 0 Å². The Morgan fingerprint density at radius 3 is 2.44 bits per heavy atom. The number of thioether (sulfide) groups is 1. The second-order valence-electron chi connectivity index (χ2n) is 7.26. The van der Waals surface area contributed by atoms with E-state index in [-0.39, 0.29) is 11.7 Å². The van der Waals surface area contributed by atoms with Crippen LogP contribution in [0.25, 0.3) is 6.08 Å². The predicted molar refractivity (Wildman–Crippen MR) is 135 cm³/mol. The van der Waals surface area contributed by atoms with E-state index < -0.39 is 0 Å². The van der Waals surface area contributed by atoms with Gasteiger partial charge in [0.2, 0.25) is 0 Å². The minimum atomic E-state index is -0.199. The van der Waals surface area contributed by atoms with Gasteiger partial charge in [0, 0.05) is 10.0 Å². The van der Waals surface area contributed by atoms with Crippen LogP contribution in [0.1, 0.15) is 16.7 Å². The number of ether oxygens (including phenoxy) is 1. The van der Waals surface area contributed by atoms with E-state index in [1.54, 1.807) is 23.1 Å². The third-order valence-corrected chi connectivity index (χ3v) is 6.50. The summed E-state index contributed by atoms with van der Waals surface area (Å²) in [4.78, 5) is 20.4. The first-order valence-electron chi connectivity index (χ1n) is 9.89. The fraction of sp³-hybridized carbons (Fsp3) is 0.120. The first kappa shape index (κ1) is 22.2. The van der Waals surface area contributed by atoms with Crippen molar-refractivity contribution in [1.82, 2.24) is 0 Å². The predicted octanol–water partition coefficient (Wildman–Crippen LogP) is 6.59. The molecule has 1 aliphatic rings. The fourth-order valence-corrected chi connectivity index (χ4v) is 4.80. The molecular weight excluding hydrogens is 488 g/mol. The van der Waals surface area contributed by atoms with Gasteiger partial charge < -0.3 is 9.84 Å². The van der Waals surface area contributed by atoms with E-state index in [2.05, 4.69) is 15.9 Å². The Hall–Kier alpha value is -3.03. The van der Waals surface area contributed by atoms with Crippen LogP contribution >= 0.6 is 27.7 Å². The molecule has 0 atom stereocenters. The molecule has 1 amide bonds. The molecule has 7 heteroatoms. The summed E-state index contributed by atoms with van der Waals surface area (Å²) in [5.41, 5.74) is 4.04. The zero-order chi connectivity index (χ0) is 22.8. The van der Waals surface area contributed by atoms with Gasteiger partial charge in [-0.25, -0.2) is 4.99 Å². The molecule has 1 aliphatic heterocycles. The molecule has 3 aromatic rings. The van der Waals surface area contributed by atoms with Gasteiger partial charge in [-0.15, -0.1) is 0 Å². The van der Waals surface area contributed by atoms with Gasteiger partial charge >= 0.3 is 0 Å². The van der Waals surface area contributed by atoms with Gasteiger partial charge in [-0.3, -0.25) is 9.69 Å². The Labute approximate surface area is 199 Å². The number of aryl methyl sites for hydroxylation is 2. The normalized spacial score (nSPS) is 16.2. The quantitative estimate of drug-likeness (QED) is 0.403. The lowest BCUT2D eigenvalue weighted by Gasteiger charge is -2.18. The maximum absolute atomic E-state index is 13.5. The molecule has 0 aromatic heterocycles. The van der Waals surface area contributed by atoms with Crippen LogP contribution in [-0.2, 0) is 4.79 Å². The van der Waals surface area contributed by atoms with Crippen LogP contribution in [-0.4, -0.2) is 23.3 Å². The highest BCUT2D eigenvalue weighted by atomic mass is 79.9. The summed E-state index contributed by atoms with van der Waals surface area (Å²) in [6.45, 7) is 3.95. The molecule has 0 bridgehead atoms. The van der Waals surface area contributed by atoms with E-state index in [9.17, 15) is 9.90 Å². The lowest BCUT2D eigenvalue weighted by molar-refractivity contribution is -0.113. The second kappa shape index (κ2) is 9.22. The summed E-state index contributed by atoms with van der Waals surface area (Å²) in [6, 6.07) is 18.9. The number of hydrogen-bond donors (Lipinski definition) is 1. The van der Waals surface area contributed by atoms with Gasteiger partial charge in [-0.2, -0.15) is 0 Å². The molecule has 32 heavy (non-hydrogen) atoms. The maximum Gasteiger partial charge on any atom is 0.271 e. The van der Waals surface area contributed by atoms with Crippen molar-refractivity contribution in [1.29, 1.82) is 0 Å². The van der Waals surface area contributed by atoms with Crippen LogP contribution in [0.4, 0.5) is 11.4 Å². The number of aromatic hydroxyl groups is 1. The molecule has 0 aliphatic carbocycles. The van der Waals surface area contributed by atoms with Gasteiger partial charge in [0.15, 0.2) is 16.7 Å². The van der Waals surface area contributed by atoms with Crippen LogP contribution in [0.5, 0.6) is 11.5 Å². The molecule has 0 saturated carbocycles. The molecule has 1 heterocycles. The number of phenolic OH excluding ortho intramolecular Hbond substituents is 1. The Balaban J connectivity index is 1.85. The number of carbonyl (C=O) groups excluding carboxylic acids is 1. The average Bonchev–Trinajstić information content (AvgIpc) is 3.07. The Morgan fingerprint density at radius 2 is 1.75 bits per heavy atom. The van der Waals surface area contributed by atoms with E-state index in [0.717, 1.165) is 27.0 Å². The van der Waals surface area contributed by atoms with Gasteiger partial charge in [-0.05, 0) is 67.1 Å². The number of amides is 1. The summed E-state index contributed by atoms with van der Waals surface area (Å²) in [5.74, 6) is 0.101. The van der Waals surface area contributed by atoms with Gasteiger partial charge in [0.25, 0.3) is 5.91 Å². The average molecular weight is 509 g/mol. The third kappa shape index (κ3) is 4.31. The number of carbonyl (C=O) groups is 1. The molecule has 5 nitrogen and oxygen atoms in total. The van der Waals surface area contributed by atoms with Crippen molar-refractivity contribution in [3.05, 3.63) is 86.7 Å². The van der Waals surface area contributed by atoms with Gasteiger partial charge in [-0.1, -0.05) is 52.3 Å². The molecular formula is C25H21BrN2O3S. The third-order valence-electron chi connectivity index (χ3n) is 5.07. The lowest BCUT2D eigenvalue weighted by Crippen LogP contribution is -2.29. The van der Waals surface area contributed by atoms with Gasteiger partial charge in [0.05, 0.1) is 23.4 Å². The molecule has 4 rings (SSSR count). The van der Waals surface area contributed by atoms with Crippen LogP contribution in [0.2, 0.25) is 0 Å². The number of rotatable bonds is 4. The van der Waals surface area contributed by atoms with E-state index in [1.165, 1.54) is 18.9 Å². The first-order valence-corrected chi connectivity index (χ1v) is 11.5. The number of para-hydroxylation sites is 2. The van der Waals surface area contributed by atoms with Crippen LogP contribution < -0.4 is 9.64 Å². The van der Waals surface area contributed by atoms with Crippen molar-refractivity contribution in [2.75, 3.05) is 12.0 Å². The molecule has 0 spiro atoms. The summed E-state index contributed by atoms with van der Waals surface area (Å²) < 4.78 is 5.98. The number of halogens is 1. The zero-order valence-electron chi connectivity index (χ0n) is 17.8. The largest absolute Gasteiger partial charge is 0.504 e. The first-order chi connectivity index (χ1) is 15.4. The summed E-state index contributed by atoms with van der Waals surface area (Å²) in [6.07, 6.45) is 1.67. The molecule has 1 N–H and O–H groups in total. The number of benzene rings is 3. The topological polar surface area (TPSA) is 62.1 Å². The highest BCUT2D eigenvalue weighted by molar-refractivity contribution is 9.10. The summed E-state index contributed by atoms with van der Waals surface area (Å²) in [5, 5.41) is 11.1. The Kier molecular flexibility index (Phi) is 6.39. The van der Waals surface area contributed by atoms with Crippen LogP contribution in [0, 0.1) is 13.8 Å². The minimum absolute atomic E-state index is 0.0247. The van der Waals surface area contributed by atoms with Crippen molar-refractivity contribution < 1.29 is 14.6 Å². The maximum atomic E-state index is 13.5. The van der Waals surface area contributed by atoms with Crippen LogP contribution in [0.3, 0.4) is 0 Å². The van der Waals surface area contributed by atoms with Gasteiger partial charge in [0.1, 0.15) is 0 Å². The fourth-order valence-electron chi connectivity index (χ4n) is 3.37. The number of phenols is 1. The van der Waals surface area contributed by atoms with E-state index in [0.29, 0.717) is 21.4 Å². The molecule has 1 fully saturated rings. The van der Waals surface area contributed by atoms with E-state index in [4.69, 9.17) is 9.73 Å². The molecule has 3 aromatic carbocycles. The Morgan fingerprint density at radius 1 is 1.06 bits per heavy atom. The number of methoxy groups -OCH3 is 1. The molecule has 0 radical (unpaired) electrons. The second-order valence-corrected chi connectivity index (χ2v) is 9.19. The lowest BCUT2D eigenvalue weighted by atomic mass is 10.1. The highest BCUT2D eigenvalue weighted by Crippen LogP contribution is 2.41. The number of anilines is 1. The van der Waals surface area contributed by atoms with Crippen molar-refractivity contribution >= 4 is 56.2 Å². The van der Waals surface area contributed by atoms with E-state index in [1.807, 2.05) is 62.4 Å². The SMILES string of the molecule is COc1cc(Br)cc(C=C2SC(=Nc3ccccc3C)N(c3ccccc3C)C2=O)c1O. The van der Waals surface area contributed by atoms with Crippen molar-refractivity contribution in [2.24, 2.45) is 4.99 Å². The smallest absolute Gasteiger partial charge is 0.271 e. The number of nitrogens with zero attached hydrogens (tertiary/aromatic N) is 2.